The zero-order valence-electron chi connectivity index (χ0n) is 12.3. The average Bonchev–Trinajstić information content (AvgIpc) is 2.26. The van der Waals surface area contributed by atoms with Gasteiger partial charge in [-0.3, -0.25) is 0 Å². The molecule has 0 aliphatic heterocycles. The van der Waals surface area contributed by atoms with Crippen molar-refractivity contribution in [3.8, 4) is 5.75 Å². The van der Waals surface area contributed by atoms with Crippen LogP contribution in [0.1, 0.15) is 31.9 Å². The van der Waals surface area contributed by atoms with Crippen LogP contribution in [-0.2, 0) is 5.41 Å². The van der Waals surface area contributed by atoms with E-state index in [1.165, 1.54) is 11.1 Å². The van der Waals surface area contributed by atoms with Gasteiger partial charge in [0.1, 0.15) is 12.4 Å². The van der Waals surface area contributed by atoms with E-state index in [2.05, 4.69) is 57.8 Å². The van der Waals surface area contributed by atoms with E-state index in [1.807, 2.05) is 7.05 Å². The molecule has 18 heavy (non-hydrogen) atoms. The molecule has 0 radical (unpaired) electrons. The molecule has 0 aromatic heterocycles. The summed E-state index contributed by atoms with van der Waals surface area (Å²) in [5.41, 5.74) is 3.75. The minimum atomic E-state index is 0.180. The van der Waals surface area contributed by atoms with Crippen molar-refractivity contribution in [2.24, 2.45) is 0 Å². The van der Waals surface area contributed by atoms with Crippen LogP contribution in [0, 0.1) is 6.92 Å². The zero-order chi connectivity index (χ0) is 13.8. The summed E-state index contributed by atoms with van der Waals surface area (Å²) in [6, 6.07) is 6.40. The summed E-state index contributed by atoms with van der Waals surface area (Å²) in [6.45, 7) is 14.1. The van der Waals surface area contributed by atoms with E-state index in [1.54, 1.807) is 0 Å². The van der Waals surface area contributed by atoms with E-state index < -0.39 is 0 Å². The van der Waals surface area contributed by atoms with Crippen molar-refractivity contribution in [3.63, 3.8) is 0 Å². The van der Waals surface area contributed by atoms with Gasteiger partial charge in [-0.1, -0.05) is 39.5 Å². The maximum Gasteiger partial charge on any atom is 0.122 e. The summed E-state index contributed by atoms with van der Waals surface area (Å²) in [5, 5.41) is 3.07. The first-order valence-corrected chi connectivity index (χ1v) is 6.40. The van der Waals surface area contributed by atoms with Crippen LogP contribution < -0.4 is 10.1 Å². The first-order chi connectivity index (χ1) is 8.34. The second kappa shape index (κ2) is 6.05. The number of likely N-dealkylation sites (N-methyl/N-ethyl adjacent to an activating group) is 1. The minimum Gasteiger partial charge on any atom is -0.489 e. The smallest absolute Gasteiger partial charge is 0.122 e. The van der Waals surface area contributed by atoms with Crippen LogP contribution in [0.25, 0.3) is 0 Å². The van der Waals surface area contributed by atoms with Crippen LogP contribution in [0.3, 0.4) is 0 Å². The number of benzene rings is 1. The molecule has 0 aliphatic carbocycles. The number of ether oxygens (including phenoxy) is 1. The van der Waals surface area contributed by atoms with Gasteiger partial charge in [0.2, 0.25) is 0 Å². The number of hydrogen-bond donors (Lipinski definition) is 1. The Morgan fingerprint density at radius 1 is 1.33 bits per heavy atom. The molecule has 0 amide bonds. The third kappa shape index (κ3) is 4.19. The predicted octanol–water partition coefficient (Wildman–Crippen LogP) is 3.45. The molecule has 0 unspecified atom stereocenters. The topological polar surface area (TPSA) is 21.3 Å². The van der Waals surface area contributed by atoms with Crippen molar-refractivity contribution >= 4 is 0 Å². The van der Waals surface area contributed by atoms with E-state index in [0.29, 0.717) is 6.61 Å². The second-order valence-corrected chi connectivity index (χ2v) is 5.80. The van der Waals surface area contributed by atoms with Gasteiger partial charge in [-0.15, -0.1) is 0 Å². The summed E-state index contributed by atoms with van der Waals surface area (Å²) in [4.78, 5) is 0. The third-order valence-electron chi connectivity index (χ3n) is 2.90. The van der Waals surface area contributed by atoms with E-state index in [-0.39, 0.29) is 5.41 Å². The van der Waals surface area contributed by atoms with Gasteiger partial charge in [0.05, 0.1) is 0 Å². The van der Waals surface area contributed by atoms with Crippen LogP contribution in [-0.4, -0.2) is 20.2 Å². The molecule has 0 fully saturated rings. The second-order valence-electron chi connectivity index (χ2n) is 5.80. The SMILES string of the molecule is C=C(CNC)COc1ccc(C(C)(C)C)cc1C. The highest BCUT2D eigenvalue weighted by molar-refractivity contribution is 5.38. The summed E-state index contributed by atoms with van der Waals surface area (Å²) in [7, 11) is 1.91. The Bertz CT molecular complexity index is 416. The molecule has 0 heterocycles. The molecule has 1 N–H and O–H groups in total. The van der Waals surface area contributed by atoms with E-state index >= 15 is 0 Å². The van der Waals surface area contributed by atoms with Gasteiger partial charge in [0.25, 0.3) is 0 Å². The predicted molar refractivity (Wildman–Crippen MR) is 78.4 cm³/mol. The summed E-state index contributed by atoms with van der Waals surface area (Å²) < 4.78 is 5.78. The van der Waals surface area contributed by atoms with Crippen LogP contribution in [0.4, 0.5) is 0 Å². The van der Waals surface area contributed by atoms with Crippen LogP contribution in [0.15, 0.2) is 30.4 Å². The molecule has 0 bridgehead atoms. The Labute approximate surface area is 111 Å². The molecular weight excluding hydrogens is 222 g/mol. The molecule has 100 valence electrons. The highest BCUT2D eigenvalue weighted by Gasteiger charge is 2.14. The first-order valence-electron chi connectivity index (χ1n) is 6.40. The molecule has 0 aliphatic rings. The number of rotatable bonds is 5. The zero-order valence-corrected chi connectivity index (χ0v) is 12.3. The number of hydrogen-bond acceptors (Lipinski definition) is 2. The lowest BCUT2D eigenvalue weighted by Crippen LogP contribution is -2.15. The fourth-order valence-corrected chi connectivity index (χ4v) is 1.76. The van der Waals surface area contributed by atoms with Gasteiger partial charge >= 0.3 is 0 Å². The van der Waals surface area contributed by atoms with E-state index in [4.69, 9.17) is 4.74 Å². The Morgan fingerprint density at radius 3 is 2.50 bits per heavy atom. The molecule has 0 atom stereocenters. The van der Waals surface area contributed by atoms with E-state index in [0.717, 1.165) is 17.9 Å². The summed E-state index contributed by atoms with van der Waals surface area (Å²) >= 11 is 0. The van der Waals surface area contributed by atoms with Gasteiger partial charge in [0.15, 0.2) is 0 Å². The Balaban J connectivity index is 2.72. The Kier molecular flexibility index (Phi) is 4.97. The quantitative estimate of drug-likeness (QED) is 0.805. The van der Waals surface area contributed by atoms with Crippen molar-refractivity contribution < 1.29 is 4.74 Å². The molecule has 1 rings (SSSR count). The fraction of sp³-hybridized carbons (Fsp3) is 0.500. The van der Waals surface area contributed by atoms with Gasteiger partial charge in [-0.2, -0.15) is 0 Å². The lowest BCUT2D eigenvalue weighted by atomic mass is 9.86. The Hall–Kier alpha value is -1.28. The van der Waals surface area contributed by atoms with Crippen molar-refractivity contribution in [1.82, 2.24) is 5.32 Å². The van der Waals surface area contributed by atoms with Crippen molar-refractivity contribution in [2.45, 2.75) is 33.1 Å². The van der Waals surface area contributed by atoms with Gasteiger partial charge in [-0.05, 0) is 42.2 Å². The molecular formula is C16H25NO. The number of aryl methyl sites for hydroxylation is 1. The molecule has 2 nitrogen and oxygen atoms in total. The lowest BCUT2D eigenvalue weighted by Gasteiger charge is -2.20. The van der Waals surface area contributed by atoms with Crippen molar-refractivity contribution in [1.29, 1.82) is 0 Å². The minimum absolute atomic E-state index is 0.180. The molecule has 0 spiro atoms. The maximum atomic E-state index is 5.78. The van der Waals surface area contributed by atoms with Crippen LogP contribution in [0.5, 0.6) is 5.75 Å². The fourth-order valence-electron chi connectivity index (χ4n) is 1.76. The summed E-state index contributed by atoms with van der Waals surface area (Å²) in [5.74, 6) is 0.945. The van der Waals surface area contributed by atoms with Gasteiger partial charge in [0, 0.05) is 6.54 Å². The first kappa shape index (κ1) is 14.8. The maximum absolute atomic E-state index is 5.78. The third-order valence-corrected chi connectivity index (χ3v) is 2.90. The van der Waals surface area contributed by atoms with Gasteiger partial charge < -0.3 is 10.1 Å². The molecule has 0 saturated heterocycles. The normalized spacial score (nSPS) is 11.4. The molecule has 2 heteroatoms. The molecule has 0 saturated carbocycles. The summed E-state index contributed by atoms with van der Waals surface area (Å²) in [6.07, 6.45) is 0. The van der Waals surface area contributed by atoms with Crippen LogP contribution in [0.2, 0.25) is 0 Å². The molecule has 1 aromatic rings. The van der Waals surface area contributed by atoms with E-state index in [9.17, 15) is 0 Å². The highest BCUT2D eigenvalue weighted by atomic mass is 16.5. The highest BCUT2D eigenvalue weighted by Crippen LogP contribution is 2.27. The number of nitrogens with one attached hydrogen (secondary N) is 1. The monoisotopic (exact) mass is 247 g/mol. The van der Waals surface area contributed by atoms with Gasteiger partial charge in [-0.25, -0.2) is 0 Å². The van der Waals surface area contributed by atoms with Crippen molar-refractivity contribution in [2.75, 3.05) is 20.2 Å². The standard InChI is InChI=1S/C16H25NO/c1-12(10-17-6)11-18-15-8-7-14(9-13(15)2)16(3,4)5/h7-9,17H,1,10-11H2,2-6H3. The van der Waals surface area contributed by atoms with Crippen molar-refractivity contribution in [3.05, 3.63) is 41.5 Å². The largest absolute Gasteiger partial charge is 0.489 e. The average molecular weight is 247 g/mol. The molecule has 1 aromatic carbocycles. The lowest BCUT2D eigenvalue weighted by molar-refractivity contribution is 0.346. The van der Waals surface area contributed by atoms with Crippen LogP contribution >= 0.6 is 0 Å². The Morgan fingerprint density at radius 2 is 2.00 bits per heavy atom.